The van der Waals surface area contributed by atoms with Crippen LogP contribution in [-0.2, 0) is 14.4 Å². The van der Waals surface area contributed by atoms with Crippen molar-refractivity contribution in [3.8, 4) is 0 Å². The average Bonchev–Trinajstić information content (AvgIpc) is 2.23. The van der Waals surface area contributed by atoms with Gasteiger partial charge in [-0.3, -0.25) is 19.3 Å². The zero-order valence-corrected chi connectivity index (χ0v) is 9.03. The van der Waals surface area contributed by atoms with Gasteiger partial charge in [0.1, 0.15) is 0 Å². The molecule has 0 bridgehead atoms. The highest BCUT2D eigenvalue weighted by Gasteiger charge is 2.40. The summed E-state index contributed by atoms with van der Waals surface area (Å²) in [5.41, 5.74) is 4.59. The van der Waals surface area contributed by atoms with E-state index in [2.05, 4.69) is 0 Å². The molecule has 0 aliphatic carbocycles. The van der Waals surface area contributed by atoms with E-state index in [4.69, 9.17) is 5.73 Å². The van der Waals surface area contributed by atoms with Crippen LogP contribution in [0.25, 0.3) is 0 Å². The number of nitrogens with zero attached hydrogens (tertiary/aromatic N) is 1. The van der Waals surface area contributed by atoms with Crippen LogP contribution in [0.5, 0.6) is 0 Å². The van der Waals surface area contributed by atoms with Crippen molar-refractivity contribution in [1.82, 2.24) is 4.90 Å². The summed E-state index contributed by atoms with van der Waals surface area (Å²) in [5.74, 6) is -1.28. The highest BCUT2D eigenvalue weighted by molar-refractivity contribution is 6.16. The second-order valence-electron chi connectivity index (χ2n) is 4.26. The zero-order chi connectivity index (χ0) is 11.8. The number of carbonyl (C=O) groups is 3. The largest absolute Gasteiger partial charge is 0.370 e. The molecule has 0 atom stereocenters. The molecule has 15 heavy (non-hydrogen) atoms. The number of hydrogen-bond donors (Lipinski definition) is 1. The lowest BCUT2D eigenvalue weighted by molar-refractivity contribution is -0.144. The Labute approximate surface area is 87.9 Å². The zero-order valence-electron chi connectivity index (χ0n) is 9.03. The van der Waals surface area contributed by atoms with Crippen molar-refractivity contribution in [3.63, 3.8) is 0 Å². The second kappa shape index (κ2) is 3.49. The molecule has 1 heterocycles. The van der Waals surface area contributed by atoms with Crippen molar-refractivity contribution in [3.05, 3.63) is 11.6 Å². The van der Waals surface area contributed by atoms with E-state index in [9.17, 15) is 14.4 Å². The Morgan fingerprint density at radius 3 is 2.33 bits per heavy atom. The van der Waals surface area contributed by atoms with Gasteiger partial charge in [0.05, 0.1) is 5.54 Å². The lowest BCUT2D eigenvalue weighted by Crippen LogP contribution is -2.50. The number of amides is 3. The first-order valence-corrected chi connectivity index (χ1v) is 4.61. The van der Waals surface area contributed by atoms with Crippen LogP contribution in [-0.4, -0.2) is 28.2 Å². The number of nitrogens with two attached hydrogens (primary N) is 1. The predicted molar refractivity (Wildman–Crippen MR) is 53.5 cm³/mol. The fourth-order valence-corrected chi connectivity index (χ4v) is 1.67. The molecule has 1 rings (SSSR count). The highest BCUT2D eigenvalue weighted by atomic mass is 16.2. The quantitative estimate of drug-likeness (QED) is 0.663. The molecule has 5 nitrogen and oxygen atoms in total. The maximum absolute atomic E-state index is 11.6. The third-order valence-corrected chi connectivity index (χ3v) is 2.31. The molecule has 0 aromatic heterocycles. The third-order valence-electron chi connectivity index (χ3n) is 2.31. The smallest absolute Gasteiger partial charge is 0.257 e. The normalized spacial score (nSPS) is 17.0. The Hall–Kier alpha value is -1.65. The van der Waals surface area contributed by atoms with Crippen LogP contribution in [0.1, 0.15) is 27.2 Å². The van der Waals surface area contributed by atoms with E-state index in [0.29, 0.717) is 5.57 Å². The van der Waals surface area contributed by atoms with Gasteiger partial charge in [0.25, 0.3) is 11.8 Å². The van der Waals surface area contributed by atoms with Crippen molar-refractivity contribution in [2.75, 3.05) is 0 Å². The molecule has 0 unspecified atom stereocenters. The number of carbonyl (C=O) groups excluding carboxylic acids is 3. The van der Waals surface area contributed by atoms with Gasteiger partial charge in [-0.15, -0.1) is 0 Å². The summed E-state index contributed by atoms with van der Waals surface area (Å²) in [5, 5.41) is 0. The predicted octanol–water partition coefficient (Wildman–Crippen LogP) is -0.0445. The van der Waals surface area contributed by atoms with Crippen LogP contribution >= 0.6 is 0 Å². The molecule has 0 aromatic rings. The molecule has 82 valence electrons. The van der Waals surface area contributed by atoms with E-state index in [-0.39, 0.29) is 18.2 Å². The Balaban J connectivity index is 2.95. The van der Waals surface area contributed by atoms with Crippen LogP contribution in [0.2, 0.25) is 0 Å². The van der Waals surface area contributed by atoms with E-state index in [1.54, 1.807) is 20.8 Å². The number of rotatable bonds is 3. The first-order chi connectivity index (χ1) is 6.75. The molecular formula is C10H14N2O3. The van der Waals surface area contributed by atoms with Gasteiger partial charge in [-0.05, 0) is 20.8 Å². The molecule has 0 saturated carbocycles. The van der Waals surface area contributed by atoms with Crippen molar-refractivity contribution < 1.29 is 14.4 Å². The maximum Gasteiger partial charge on any atom is 0.257 e. The van der Waals surface area contributed by atoms with E-state index < -0.39 is 11.4 Å². The first kappa shape index (κ1) is 11.4. The fourth-order valence-electron chi connectivity index (χ4n) is 1.67. The lowest BCUT2D eigenvalue weighted by atomic mass is 9.98. The van der Waals surface area contributed by atoms with Crippen molar-refractivity contribution in [2.24, 2.45) is 5.73 Å². The maximum atomic E-state index is 11.6. The molecule has 0 radical (unpaired) electrons. The van der Waals surface area contributed by atoms with E-state index in [0.717, 1.165) is 4.90 Å². The van der Waals surface area contributed by atoms with E-state index >= 15 is 0 Å². The van der Waals surface area contributed by atoms with Crippen LogP contribution in [0, 0.1) is 0 Å². The fraction of sp³-hybridized carbons (Fsp3) is 0.500. The van der Waals surface area contributed by atoms with Gasteiger partial charge >= 0.3 is 0 Å². The van der Waals surface area contributed by atoms with Crippen molar-refractivity contribution >= 4 is 17.7 Å². The topological polar surface area (TPSA) is 80.5 Å². The van der Waals surface area contributed by atoms with Gasteiger partial charge in [-0.2, -0.15) is 0 Å². The minimum Gasteiger partial charge on any atom is -0.370 e. The van der Waals surface area contributed by atoms with Gasteiger partial charge in [0, 0.05) is 18.1 Å². The van der Waals surface area contributed by atoms with Crippen LogP contribution in [0.4, 0.5) is 0 Å². The first-order valence-electron chi connectivity index (χ1n) is 4.61. The summed E-state index contributed by atoms with van der Waals surface area (Å²) in [6.45, 7) is 4.85. The Morgan fingerprint density at radius 2 is 2.00 bits per heavy atom. The Morgan fingerprint density at radius 1 is 1.47 bits per heavy atom. The Bertz CT molecular complexity index is 369. The lowest BCUT2D eigenvalue weighted by Gasteiger charge is -2.32. The molecule has 0 fully saturated rings. The molecule has 5 heteroatoms. The minimum absolute atomic E-state index is 0.0361. The SMILES string of the molecule is CC1=CC(=O)N(C(C)(C)CC(N)=O)C1=O. The molecule has 1 aliphatic heterocycles. The summed E-state index contributed by atoms with van der Waals surface area (Å²) in [4.78, 5) is 35.0. The van der Waals surface area contributed by atoms with Crippen LogP contribution in [0.15, 0.2) is 11.6 Å². The summed E-state index contributed by atoms with van der Waals surface area (Å²) in [6, 6.07) is 0. The third kappa shape index (κ3) is 2.06. The molecule has 3 amide bonds. The average molecular weight is 210 g/mol. The molecular weight excluding hydrogens is 196 g/mol. The molecule has 0 saturated heterocycles. The molecule has 2 N–H and O–H groups in total. The van der Waals surface area contributed by atoms with E-state index in [1.807, 2.05) is 0 Å². The number of primary amides is 1. The van der Waals surface area contributed by atoms with Crippen LogP contribution < -0.4 is 5.73 Å². The van der Waals surface area contributed by atoms with E-state index in [1.165, 1.54) is 6.08 Å². The Kier molecular flexibility index (Phi) is 2.66. The highest BCUT2D eigenvalue weighted by Crippen LogP contribution is 2.25. The second-order valence-corrected chi connectivity index (χ2v) is 4.26. The van der Waals surface area contributed by atoms with Crippen LogP contribution in [0.3, 0.4) is 0 Å². The van der Waals surface area contributed by atoms with Gasteiger partial charge in [0.2, 0.25) is 5.91 Å². The van der Waals surface area contributed by atoms with Gasteiger partial charge in [-0.25, -0.2) is 0 Å². The standard InChI is InChI=1S/C10H14N2O3/c1-6-4-8(14)12(9(6)15)10(2,3)5-7(11)13/h4H,5H2,1-3H3,(H2,11,13). The summed E-state index contributed by atoms with van der Waals surface area (Å²) >= 11 is 0. The van der Waals surface area contributed by atoms with Crippen molar-refractivity contribution in [1.29, 1.82) is 0 Å². The summed E-state index contributed by atoms with van der Waals surface area (Å²) in [6.07, 6.45) is 1.23. The van der Waals surface area contributed by atoms with Crippen molar-refractivity contribution in [2.45, 2.75) is 32.7 Å². The number of imide groups is 1. The molecule has 1 aliphatic rings. The van der Waals surface area contributed by atoms with Gasteiger partial charge in [0.15, 0.2) is 0 Å². The van der Waals surface area contributed by atoms with Gasteiger partial charge < -0.3 is 5.73 Å². The number of hydrogen-bond acceptors (Lipinski definition) is 3. The molecule has 0 spiro atoms. The monoisotopic (exact) mass is 210 g/mol. The summed E-state index contributed by atoms with van der Waals surface area (Å²) in [7, 11) is 0. The van der Waals surface area contributed by atoms with Gasteiger partial charge in [-0.1, -0.05) is 0 Å². The molecule has 0 aromatic carbocycles. The minimum atomic E-state index is -0.867. The summed E-state index contributed by atoms with van der Waals surface area (Å²) < 4.78 is 0.